The molecule has 1 aliphatic rings. The second-order valence-corrected chi connectivity index (χ2v) is 6.89. The van der Waals surface area contributed by atoms with Crippen molar-refractivity contribution in [2.75, 3.05) is 5.75 Å². The Morgan fingerprint density at radius 3 is 2.23 bits per heavy atom. The van der Waals surface area contributed by atoms with Gasteiger partial charge in [0.15, 0.2) is 23.7 Å². The third-order valence-electron chi connectivity index (χ3n) is 3.54. The molecule has 1 aliphatic heterocycles. The molecule has 4 atom stereocenters. The molecule has 0 saturated carbocycles. The van der Waals surface area contributed by atoms with Crippen LogP contribution < -0.4 is 4.74 Å². The first-order valence-corrected chi connectivity index (χ1v) is 9.03. The topological polar surface area (TPSA) is 101 Å². The minimum absolute atomic E-state index is 0.319. The average Bonchev–Trinajstić information content (AvgIpc) is 2.53. The van der Waals surface area contributed by atoms with Crippen LogP contribution in [0.1, 0.15) is 26.3 Å². The molecule has 1 aromatic heterocycles. The van der Waals surface area contributed by atoms with E-state index >= 15 is 0 Å². The number of ether oxygens (including phenoxy) is 4. The Morgan fingerprint density at radius 1 is 1.04 bits per heavy atom. The number of aromatic nitrogens is 1. The summed E-state index contributed by atoms with van der Waals surface area (Å²) in [6.45, 7) is 5.60. The number of pyridine rings is 1. The number of rotatable bonds is 5. The van der Waals surface area contributed by atoms with Gasteiger partial charge >= 0.3 is 17.9 Å². The van der Waals surface area contributed by atoms with Crippen LogP contribution in [0.4, 0.5) is 0 Å². The number of carbonyl (C=O) groups is 3. The van der Waals surface area contributed by atoms with E-state index in [2.05, 4.69) is 4.98 Å². The maximum atomic E-state index is 11.6. The van der Waals surface area contributed by atoms with Crippen molar-refractivity contribution in [2.45, 2.75) is 51.4 Å². The first kappa shape index (κ1) is 20.0. The van der Waals surface area contributed by atoms with Crippen molar-refractivity contribution < 1.29 is 33.3 Å². The zero-order valence-corrected chi connectivity index (χ0v) is 15.8. The number of thioether (sulfide) groups is 1. The lowest BCUT2D eigenvalue weighted by atomic mass is 10.1. The molecule has 0 N–H and O–H groups in total. The van der Waals surface area contributed by atoms with Crippen molar-refractivity contribution in [1.29, 1.82) is 0 Å². The summed E-state index contributed by atoms with van der Waals surface area (Å²) in [5.74, 6) is -0.814. The average molecular weight is 383 g/mol. The molecule has 0 bridgehead atoms. The number of aryl methyl sites for hydroxylation is 1. The highest BCUT2D eigenvalue weighted by Crippen LogP contribution is 2.34. The lowest BCUT2D eigenvalue weighted by Crippen LogP contribution is -2.55. The number of carbonyl (C=O) groups excluding carboxylic acids is 3. The summed E-state index contributed by atoms with van der Waals surface area (Å²) in [5.41, 5.74) is 0.200. The fraction of sp³-hybridized carbons (Fsp3) is 0.529. The Hall–Kier alpha value is -2.29. The predicted octanol–water partition coefficient (Wildman–Crippen LogP) is 1.64. The van der Waals surface area contributed by atoms with Crippen molar-refractivity contribution in [3.05, 3.63) is 24.0 Å². The van der Waals surface area contributed by atoms with Crippen molar-refractivity contribution in [3.63, 3.8) is 0 Å². The van der Waals surface area contributed by atoms with Crippen LogP contribution in [0.15, 0.2) is 18.5 Å². The van der Waals surface area contributed by atoms with Crippen molar-refractivity contribution in [1.82, 2.24) is 4.98 Å². The third-order valence-corrected chi connectivity index (χ3v) is 4.75. The molecule has 0 amide bonds. The molecule has 2 heterocycles. The van der Waals surface area contributed by atoms with Crippen LogP contribution in [0.3, 0.4) is 0 Å². The van der Waals surface area contributed by atoms with E-state index in [9.17, 15) is 14.4 Å². The molecule has 0 unspecified atom stereocenters. The van der Waals surface area contributed by atoms with Gasteiger partial charge in [-0.2, -0.15) is 0 Å². The summed E-state index contributed by atoms with van der Waals surface area (Å²) in [6, 6.07) is 1.79. The lowest BCUT2D eigenvalue weighted by Gasteiger charge is -2.40. The number of nitrogens with zero attached hydrogens (tertiary/aromatic N) is 1. The summed E-state index contributed by atoms with van der Waals surface area (Å²) in [6.07, 6.45) is 0.529. The summed E-state index contributed by atoms with van der Waals surface area (Å²) in [7, 11) is 0. The Morgan fingerprint density at radius 2 is 1.65 bits per heavy atom. The Bertz CT molecular complexity index is 681. The van der Waals surface area contributed by atoms with Gasteiger partial charge < -0.3 is 18.9 Å². The van der Waals surface area contributed by atoms with Gasteiger partial charge in [-0.1, -0.05) is 0 Å². The molecule has 1 aromatic rings. The van der Waals surface area contributed by atoms with Gasteiger partial charge in [-0.05, 0) is 18.6 Å². The quantitative estimate of drug-likeness (QED) is 0.554. The van der Waals surface area contributed by atoms with E-state index in [1.54, 1.807) is 18.5 Å². The van der Waals surface area contributed by atoms with Crippen molar-refractivity contribution >= 4 is 29.7 Å². The number of esters is 3. The molecular formula is C17H21NO7S. The van der Waals surface area contributed by atoms with Gasteiger partial charge in [0, 0.05) is 32.7 Å². The minimum atomic E-state index is -0.969. The van der Waals surface area contributed by atoms with E-state index in [4.69, 9.17) is 18.9 Å². The van der Waals surface area contributed by atoms with E-state index in [0.717, 1.165) is 5.56 Å². The predicted molar refractivity (Wildman–Crippen MR) is 92.5 cm³/mol. The van der Waals surface area contributed by atoms with Gasteiger partial charge in [-0.3, -0.25) is 19.4 Å². The van der Waals surface area contributed by atoms with Gasteiger partial charge in [0.2, 0.25) is 0 Å². The molecule has 1 fully saturated rings. The number of hydrogen-bond donors (Lipinski definition) is 0. The van der Waals surface area contributed by atoms with Gasteiger partial charge in [0.25, 0.3) is 0 Å². The second kappa shape index (κ2) is 8.88. The SMILES string of the molecule is CC(=O)O[C@@H]1[C@@H](OC(C)=O)[C@H](OC(C)=O)CS[C@H]1Oc1cnccc1C. The molecule has 1 saturated heterocycles. The first-order chi connectivity index (χ1) is 12.3. The lowest BCUT2D eigenvalue weighted by molar-refractivity contribution is -0.186. The molecule has 26 heavy (non-hydrogen) atoms. The normalized spacial score (nSPS) is 25.1. The summed E-state index contributed by atoms with van der Waals surface area (Å²) in [5, 5.41) is 0. The summed E-state index contributed by atoms with van der Waals surface area (Å²) >= 11 is 1.30. The smallest absolute Gasteiger partial charge is 0.303 e. The molecule has 8 nitrogen and oxygen atoms in total. The highest BCUT2D eigenvalue weighted by atomic mass is 32.2. The van der Waals surface area contributed by atoms with Gasteiger partial charge in [-0.25, -0.2) is 0 Å². The van der Waals surface area contributed by atoms with Crippen LogP contribution in [0.2, 0.25) is 0 Å². The molecule has 9 heteroatoms. The van der Waals surface area contributed by atoms with Crippen LogP contribution in [-0.4, -0.2) is 52.4 Å². The largest absolute Gasteiger partial charge is 0.474 e. The Kier molecular flexibility index (Phi) is 6.84. The maximum absolute atomic E-state index is 11.6. The summed E-state index contributed by atoms with van der Waals surface area (Å²) in [4.78, 5) is 38.5. The molecule has 0 aromatic carbocycles. The second-order valence-electron chi connectivity index (χ2n) is 5.76. The van der Waals surface area contributed by atoms with E-state index in [1.165, 1.54) is 32.5 Å². The van der Waals surface area contributed by atoms with E-state index < -0.39 is 41.7 Å². The highest BCUT2D eigenvalue weighted by molar-refractivity contribution is 7.99. The zero-order valence-electron chi connectivity index (χ0n) is 15.0. The minimum Gasteiger partial charge on any atom is -0.474 e. The molecule has 2 rings (SSSR count). The Labute approximate surface area is 155 Å². The van der Waals surface area contributed by atoms with Crippen molar-refractivity contribution in [2.24, 2.45) is 0 Å². The maximum Gasteiger partial charge on any atom is 0.303 e. The third kappa shape index (κ3) is 5.35. The monoisotopic (exact) mass is 383 g/mol. The molecule has 0 radical (unpaired) electrons. The molecular weight excluding hydrogens is 362 g/mol. The van der Waals surface area contributed by atoms with Gasteiger partial charge in [0.1, 0.15) is 5.75 Å². The zero-order chi connectivity index (χ0) is 19.3. The van der Waals surface area contributed by atoms with Crippen LogP contribution in [-0.2, 0) is 28.6 Å². The molecule has 0 aliphatic carbocycles. The van der Waals surface area contributed by atoms with Crippen molar-refractivity contribution in [3.8, 4) is 5.75 Å². The first-order valence-electron chi connectivity index (χ1n) is 7.98. The van der Waals surface area contributed by atoms with E-state index in [0.29, 0.717) is 11.5 Å². The Balaban J connectivity index is 2.29. The van der Waals surface area contributed by atoms with Crippen LogP contribution in [0.5, 0.6) is 5.75 Å². The number of hydrogen-bond acceptors (Lipinski definition) is 9. The van der Waals surface area contributed by atoms with E-state index in [1.807, 2.05) is 6.92 Å². The molecule has 142 valence electrons. The van der Waals surface area contributed by atoms with E-state index in [-0.39, 0.29) is 0 Å². The molecule has 0 spiro atoms. The fourth-order valence-electron chi connectivity index (χ4n) is 2.51. The standard InChI is InChI=1S/C17H21NO7S/c1-9-5-6-18-7-13(9)25-17-16(24-12(4)21)15(23-11(3)20)14(8-26-17)22-10(2)19/h5-7,14-17H,8H2,1-4H3/t14-,15+,16-,17-/m1/s1. The summed E-state index contributed by atoms with van der Waals surface area (Å²) < 4.78 is 21.9. The van der Waals surface area contributed by atoms with Crippen LogP contribution in [0.25, 0.3) is 0 Å². The highest BCUT2D eigenvalue weighted by Gasteiger charge is 2.47. The van der Waals surface area contributed by atoms with Gasteiger partial charge in [-0.15, -0.1) is 11.8 Å². The van der Waals surface area contributed by atoms with Crippen LogP contribution >= 0.6 is 11.8 Å². The fourth-order valence-corrected chi connectivity index (χ4v) is 3.72. The van der Waals surface area contributed by atoms with Gasteiger partial charge in [0.05, 0.1) is 6.20 Å². The van der Waals surface area contributed by atoms with Crippen LogP contribution in [0, 0.1) is 6.92 Å².